The maximum atomic E-state index is 11.4. The summed E-state index contributed by atoms with van der Waals surface area (Å²) in [4.78, 5) is 3.60. The second-order valence-electron chi connectivity index (χ2n) is 4.23. The molecule has 1 fully saturated rings. The van der Waals surface area contributed by atoms with Gasteiger partial charge in [0.1, 0.15) is 11.4 Å². The molecule has 0 amide bonds. The lowest BCUT2D eigenvalue weighted by molar-refractivity contribution is 0.303. The third-order valence-corrected chi connectivity index (χ3v) is 3.68. The topological polar surface area (TPSA) is 128 Å². The molecule has 1 heterocycles. The van der Waals surface area contributed by atoms with E-state index < -0.39 is 25.1 Å². The maximum Gasteiger partial charge on any atom is 0.257 e. The molecule has 2 rings (SSSR count). The summed E-state index contributed by atoms with van der Waals surface area (Å²) >= 11 is 0. The zero-order valence-electron chi connectivity index (χ0n) is 10.0. The number of ether oxygens (including phenoxy) is 1. The Labute approximate surface area is 111 Å². The average molecular weight is 307 g/mol. The Hall–Kier alpha value is -1.39. The number of hydrogen-bond acceptors (Lipinski definition) is 6. The van der Waals surface area contributed by atoms with Crippen molar-refractivity contribution in [3.05, 3.63) is 12.3 Å². The molecule has 1 aliphatic rings. The SMILES string of the molecule is CS(=O)(=O)Nc1c(OC2CC2)ccnc1S(N)(=O)=O. The molecule has 0 unspecified atom stereocenters. The molecule has 1 saturated carbocycles. The fourth-order valence-electron chi connectivity index (χ4n) is 1.38. The summed E-state index contributed by atoms with van der Waals surface area (Å²) in [5.41, 5.74) is -0.251. The number of sulfonamides is 2. The molecule has 0 atom stereocenters. The first-order valence-electron chi connectivity index (χ1n) is 5.33. The molecular formula is C9H13N3O5S2. The zero-order valence-corrected chi connectivity index (χ0v) is 11.7. The van der Waals surface area contributed by atoms with Crippen LogP contribution in [0, 0.1) is 0 Å². The molecule has 0 aromatic carbocycles. The minimum absolute atomic E-state index is 0.0316. The second kappa shape index (κ2) is 4.62. The number of nitrogens with zero attached hydrogens (tertiary/aromatic N) is 1. The number of nitrogens with two attached hydrogens (primary N) is 1. The van der Waals surface area contributed by atoms with E-state index in [2.05, 4.69) is 9.71 Å². The van der Waals surface area contributed by atoms with Crippen LogP contribution in [0.2, 0.25) is 0 Å². The highest BCUT2D eigenvalue weighted by Crippen LogP contribution is 2.35. The molecule has 0 radical (unpaired) electrons. The summed E-state index contributed by atoms with van der Waals surface area (Å²) in [7, 11) is -7.85. The minimum Gasteiger partial charge on any atom is -0.488 e. The number of primary sulfonamides is 1. The first-order chi connectivity index (χ1) is 8.67. The fourth-order valence-corrected chi connectivity index (χ4v) is 2.66. The van der Waals surface area contributed by atoms with Gasteiger partial charge in [0.2, 0.25) is 10.0 Å². The number of nitrogens with one attached hydrogen (secondary N) is 1. The van der Waals surface area contributed by atoms with Gasteiger partial charge < -0.3 is 4.74 Å². The van der Waals surface area contributed by atoms with Crippen molar-refractivity contribution in [1.82, 2.24) is 4.98 Å². The van der Waals surface area contributed by atoms with E-state index in [-0.39, 0.29) is 17.5 Å². The van der Waals surface area contributed by atoms with Crippen LogP contribution in [0.5, 0.6) is 5.75 Å². The van der Waals surface area contributed by atoms with Crippen molar-refractivity contribution in [3.63, 3.8) is 0 Å². The van der Waals surface area contributed by atoms with Gasteiger partial charge >= 0.3 is 0 Å². The summed E-state index contributed by atoms with van der Waals surface area (Å²) in [6, 6.07) is 1.39. The van der Waals surface area contributed by atoms with Crippen molar-refractivity contribution in [3.8, 4) is 5.75 Å². The van der Waals surface area contributed by atoms with E-state index in [0.717, 1.165) is 19.1 Å². The van der Waals surface area contributed by atoms with Crippen molar-refractivity contribution in [1.29, 1.82) is 0 Å². The van der Waals surface area contributed by atoms with Gasteiger partial charge in [-0.3, -0.25) is 4.72 Å². The van der Waals surface area contributed by atoms with Gasteiger partial charge in [0.15, 0.2) is 5.03 Å². The molecule has 1 aliphatic carbocycles. The fraction of sp³-hybridized carbons (Fsp3) is 0.444. The molecule has 106 valence electrons. The molecule has 0 bridgehead atoms. The minimum atomic E-state index is -4.16. The largest absolute Gasteiger partial charge is 0.488 e. The van der Waals surface area contributed by atoms with E-state index >= 15 is 0 Å². The van der Waals surface area contributed by atoms with E-state index in [0.29, 0.717) is 0 Å². The highest BCUT2D eigenvalue weighted by Gasteiger charge is 2.28. The van der Waals surface area contributed by atoms with Gasteiger partial charge in [0, 0.05) is 12.3 Å². The molecule has 19 heavy (non-hydrogen) atoms. The lowest BCUT2D eigenvalue weighted by Crippen LogP contribution is -2.20. The summed E-state index contributed by atoms with van der Waals surface area (Å²) in [6.07, 6.45) is 3.74. The van der Waals surface area contributed by atoms with Crippen LogP contribution in [0.25, 0.3) is 0 Å². The van der Waals surface area contributed by atoms with Crippen LogP contribution in [0.3, 0.4) is 0 Å². The third-order valence-electron chi connectivity index (χ3n) is 2.25. The van der Waals surface area contributed by atoms with Gasteiger partial charge in [0.05, 0.1) is 12.4 Å². The molecule has 3 N–H and O–H groups in total. The number of anilines is 1. The lowest BCUT2D eigenvalue weighted by atomic mass is 10.4. The molecular weight excluding hydrogens is 294 g/mol. The quantitative estimate of drug-likeness (QED) is 0.764. The number of hydrogen-bond donors (Lipinski definition) is 2. The monoisotopic (exact) mass is 307 g/mol. The highest BCUT2D eigenvalue weighted by atomic mass is 32.2. The Morgan fingerprint density at radius 2 is 2.00 bits per heavy atom. The predicted molar refractivity (Wildman–Crippen MR) is 67.7 cm³/mol. The van der Waals surface area contributed by atoms with Crippen molar-refractivity contribution in [2.45, 2.75) is 24.0 Å². The van der Waals surface area contributed by atoms with Crippen LogP contribution >= 0.6 is 0 Å². The zero-order chi connectivity index (χ0) is 14.3. The van der Waals surface area contributed by atoms with E-state index in [1.165, 1.54) is 12.3 Å². The van der Waals surface area contributed by atoms with Gasteiger partial charge in [0.25, 0.3) is 10.0 Å². The van der Waals surface area contributed by atoms with E-state index in [4.69, 9.17) is 9.88 Å². The van der Waals surface area contributed by atoms with Crippen molar-refractivity contribution in [2.24, 2.45) is 5.14 Å². The standard InChI is InChI=1S/C9H13N3O5S2/c1-18(13,14)12-8-7(17-6-2-3-6)4-5-11-9(8)19(10,15)16/h4-6,12H,2-3H2,1H3,(H2,10,15,16). The van der Waals surface area contributed by atoms with Crippen molar-refractivity contribution >= 4 is 25.7 Å². The predicted octanol–water partition coefficient (Wildman–Crippen LogP) is -0.358. The summed E-state index contributed by atoms with van der Waals surface area (Å²) in [5.74, 6) is 0.104. The van der Waals surface area contributed by atoms with Crippen LogP contribution in [-0.2, 0) is 20.0 Å². The van der Waals surface area contributed by atoms with Crippen LogP contribution < -0.4 is 14.6 Å². The van der Waals surface area contributed by atoms with Crippen LogP contribution in [-0.4, -0.2) is 34.2 Å². The molecule has 1 aromatic rings. The van der Waals surface area contributed by atoms with Crippen LogP contribution in [0.4, 0.5) is 5.69 Å². The van der Waals surface area contributed by atoms with Gasteiger partial charge in [-0.25, -0.2) is 27.0 Å². The first kappa shape index (κ1) is 14.0. The van der Waals surface area contributed by atoms with E-state index in [9.17, 15) is 16.8 Å². The third kappa shape index (κ3) is 3.78. The maximum absolute atomic E-state index is 11.4. The van der Waals surface area contributed by atoms with Crippen molar-refractivity contribution in [2.75, 3.05) is 11.0 Å². The number of rotatable bonds is 5. The number of pyridine rings is 1. The summed E-state index contributed by atoms with van der Waals surface area (Å²) in [5, 5.41) is 4.45. The second-order valence-corrected chi connectivity index (χ2v) is 7.45. The van der Waals surface area contributed by atoms with Crippen LogP contribution in [0.15, 0.2) is 17.3 Å². The molecule has 0 saturated heterocycles. The van der Waals surface area contributed by atoms with Crippen LogP contribution in [0.1, 0.15) is 12.8 Å². The molecule has 0 spiro atoms. The Balaban J connectivity index is 2.53. The van der Waals surface area contributed by atoms with Gasteiger partial charge in [-0.15, -0.1) is 0 Å². The van der Waals surface area contributed by atoms with E-state index in [1.807, 2.05) is 0 Å². The summed E-state index contributed by atoms with van der Waals surface area (Å²) < 4.78 is 53.0. The normalized spacial score (nSPS) is 16.1. The van der Waals surface area contributed by atoms with Gasteiger partial charge in [-0.2, -0.15) is 0 Å². The van der Waals surface area contributed by atoms with E-state index in [1.54, 1.807) is 0 Å². The Kier molecular flexibility index (Phi) is 3.41. The Bertz CT molecular complexity index is 695. The van der Waals surface area contributed by atoms with Crippen molar-refractivity contribution < 1.29 is 21.6 Å². The smallest absolute Gasteiger partial charge is 0.257 e. The molecule has 1 aromatic heterocycles. The van der Waals surface area contributed by atoms with Gasteiger partial charge in [-0.1, -0.05) is 0 Å². The average Bonchev–Trinajstić information content (AvgIpc) is 3.00. The first-order valence-corrected chi connectivity index (χ1v) is 8.77. The lowest BCUT2D eigenvalue weighted by Gasteiger charge is -2.13. The Morgan fingerprint density at radius 3 is 2.47 bits per heavy atom. The van der Waals surface area contributed by atoms with Gasteiger partial charge in [-0.05, 0) is 12.8 Å². The summed E-state index contributed by atoms with van der Waals surface area (Å²) in [6.45, 7) is 0. The molecule has 8 nitrogen and oxygen atoms in total. The number of aromatic nitrogens is 1. The molecule has 10 heteroatoms. The highest BCUT2D eigenvalue weighted by molar-refractivity contribution is 7.92. The Morgan fingerprint density at radius 1 is 1.37 bits per heavy atom. The molecule has 0 aliphatic heterocycles.